The van der Waals surface area contributed by atoms with Crippen LogP contribution in [0.5, 0.6) is 0 Å². The summed E-state index contributed by atoms with van der Waals surface area (Å²) in [6, 6.07) is 12.8. The van der Waals surface area contributed by atoms with Crippen molar-refractivity contribution >= 4 is 6.03 Å². The van der Waals surface area contributed by atoms with Crippen LogP contribution < -0.4 is 10.9 Å². The van der Waals surface area contributed by atoms with E-state index < -0.39 is 17.7 Å². The highest BCUT2D eigenvalue weighted by molar-refractivity contribution is 5.75. The van der Waals surface area contributed by atoms with Gasteiger partial charge in [-0.1, -0.05) is 57.0 Å². The zero-order valence-electron chi connectivity index (χ0n) is 25.6. The zero-order valence-corrected chi connectivity index (χ0v) is 25.6. The summed E-state index contributed by atoms with van der Waals surface area (Å²) >= 11 is 0. The average molecular weight is 605 g/mol. The van der Waals surface area contributed by atoms with Gasteiger partial charge in [0.2, 0.25) is 0 Å². The fraction of sp³-hybridized carbons (Fsp3) is 0.500. The van der Waals surface area contributed by atoms with E-state index >= 15 is 4.39 Å². The standard InChI is InChI=1S/C34H42F2N6O2/c1-23(2)38-27-12-15-42(30(19-27)28-18-26(35)10-11-29(28)36)33(44)40-16-17-41(34(22-40)13-6-7-14-34)21-25-20-37-31(39-32(25)43)24-8-4-3-5-9-24/h3-5,8-11,18,20,23,27,30,38H,6-7,12-17,19,21-22H2,1-2H3,(H,37,39,43)/t27-,30+/m1/s1. The number of piperazine rings is 1. The minimum absolute atomic E-state index is 0.102. The van der Waals surface area contributed by atoms with Crippen molar-refractivity contribution in [2.75, 3.05) is 26.2 Å². The number of hydrogen-bond donors (Lipinski definition) is 2. The van der Waals surface area contributed by atoms with Gasteiger partial charge in [0, 0.05) is 73.2 Å². The van der Waals surface area contributed by atoms with Gasteiger partial charge < -0.3 is 20.1 Å². The third-order valence-electron chi connectivity index (χ3n) is 9.62. The number of carbonyl (C=O) groups excluding carboxylic acids is 1. The van der Waals surface area contributed by atoms with Gasteiger partial charge in [-0.25, -0.2) is 18.6 Å². The van der Waals surface area contributed by atoms with Crippen LogP contribution in [0.25, 0.3) is 11.4 Å². The van der Waals surface area contributed by atoms with Crippen molar-refractivity contribution in [1.29, 1.82) is 0 Å². The molecule has 3 heterocycles. The molecule has 10 heteroatoms. The molecule has 1 aromatic heterocycles. The maximum absolute atomic E-state index is 15.1. The molecule has 2 N–H and O–H groups in total. The van der Waals surface area contributed by atoms with Gasteiger partial charge in [-0.2, -0.15) is 0 Å². The van der Waals surface area contributed by atoms with Crippen molar-refractivity contribution in [3.8, 4) is 11.4 Å². The highest BCUT2D eigenvalue weighted by atomic mass is 19.1. The highest BCUT2D eigenvalue weighted by Gasteiger charge is 2.46. The summed E-state index contributed by atoms with van der Waals surface area (Å²) in [6.07, 6.45) is 6.93. The van der Waals surface area contributed by atoms with Crippen LogP contribution in [0.3, 0.4) is 0 Å². The van der Waals surface area contributed by atoms with Crippen molar-refractivity contribution in [2.24, 2.45) is 0 Å². The fourth-order valence-electron chi connectivity index (χ4n) is 7.48. The maximum Gasteiger partial charge on any atom is 0.320 e. The third-order valence-corrected chi connectivity index (χ3v) is 9.62. The first-order valence-corrected chi connectivity index (χ1v) is 15.9. The molecule has 2 aliphatic heterocycles. The summed E-state index contributed by atoms with van der Waals surface area (Å²) in [5.41, 5.74) is 1.31. The summed E-state index contributed by atoms with van der Waals surface area (Å²) in [7, 11) is 0. The topological polar surface area (TPSA) is 84.6 Å². The lowest BCUT2D eigenvalue weighted by Crippen LogP contribution is -2.64. The molecule has 1 spiro atoms. The number of halogens is 2. The predicted molar refractivity (Wildman–Crippen MR) is 166 cm³/mol. The van der Waals surface area contributed by atoms with Gasteiger partial charge >= 0.3 is 6.03 Å². The van der Waals surface area contributed by atoms with E-state index in [1.807, 2.05) is 35.2 Å². The SMILES string of the molecule is CC(C)N[C@@H]1CCN(C(=O)N2CCN(Cc3cnc(-c4ccccc4)[nH]c3=O)C3(CCCC3)C2)[C@H](c2cc(F)ccc2F)C1. The molecule has 2 amide bonds. The van der Waals surface area contributed by atoms with Gasteiger partial charge in [-0.3, -0.25) is 9.69 Å². The summed E-state index contributed by atoms with van der Waals surface area (Å²) < 4.78 is 29.4. The minimum atomic E-state index is -0.562. The Balaban J connectivity index is 1.21. The van der Waals surface area contributed by atoms with Crippen LogP contribution in [0.4, 0.5) is 13.6 Å². The molecule has 2 aromatic carbocycles. The number of likely N-dealkylation sites (tertiary alicyclic amines) is 1. The van der Waals surface area contributed by atoms with Crippen LogP contribution in [0.15, 0.2) is 59.5 Å². The first kappa shape index (κ1) is 30.4. The molecule has 44 heavy (non-hydrogen) atoms. The second-order valence-electron chi connectivity index (χ2n) is 12.9. The Hall–Kier alpha value is -3.63. The third kappa shape index (κ3) is 6.28. The smallest absolute Gasteiger partial charge is 0.320 e. The zero-order chi connectivity index (χ0) is 30.8. The first-order valence-electron chi connectivity index (χ1n) is 15.9. The molecule has 8 nitrogen and oxygen atoms in total. The maximum atomic E-state index is 15.1. The van der Waals surface area contributed by atoms with Gasteiger partial charge in [-0.15, -0.1) is 0 Å². The molecule has 0 unspecified atom stereocenters. The largest absolute Gasteiger partial charge is 0.321 e. The Morgan fingerprint density at radius 2 is 1.86 bits per heavy atom. The number of nitrogens with zero attached hydrogens (tertiary/aromatic N) is 4. The van der Waals surface area contributed by atoms with Crippen molar-refractivity contribution < 1.29 is 13.6 Å². The number of carbonyl (C=O) groups is 1. The summed E-state index contributed by atoms with van der Waals surface area (Å²) in [6.45, 7) is 6.72. The lowest BCUT2D eigenvalue weighted by molar-refractivity contribution is -0.00263. The quantitative estimate of drug-likeness (QED) is 0.390. The van der Waals surface area contributed by atoms with Gasteiger partial charge in [0.1, 0.15) is 17.5 Å². The number of H-pyrrole nitrogens is 1. The molecular formula is C34H42F2N6O2. The van der Waals surface area contributed by atoms with E-state index in [1.165, 1.54) is 6.07 Å². The lowest BCUT2D eigenvalue weighted by Gasteiger charge is -2.51. The number of aromatic nitrogens is 2. The van der Waals surface area contributed by atoms with Crippen LogP contribution in [0.1, 0.15) is 69.5 Å². The molecule has 3 aliphatic rings. The number of aromatic amines is 1. The van der Waals surface area contributed by atoms with Gasteiger partial charge in [0.05, 0.1) is 6.04 Å². The van der Waals surface area contributed by atoms with E-state index in [4.69, 9.17) is 0 Å². The number of urea groups is 1. The minimum Gasteiger partial charge on any atom is -0.321 e. The molecule has 0 radical (unpaired) electrons. The Bertz CT molecular complexity index is 1520. The number of benzene rings is 2. The number of hydrogen-bond acceptors (Lipinski definition) is 5. The van der Waals surface area contributed by atoms with E-state index in [1.54, 1.807) is 11.1 Å². The van der Waals surface area contributed by atoms with E-state index in [0.717, 1.165) is 49.8 Å². The van der Waals surface area contributed by atoms with E-state index in [2.05, 4.69) is 34.0 Å². The van der Waals surface area contributed by atoms with Gasteiger partial charge in [0.25, 0.3) is 5.56 Å². The van der Waals surface area contributed by atoms with Crippen molar-refractivity contribution in [3.05, 3.63) is 87.8 Å². The molecule has 3 fully saturated rings. The Morgan fingerprint density at radius 1 is 1.09 bits per heavy atom. The van der Waals surface area contributed by atoms with Gasteiger partial charge in [-0.05, 0) is 43.9 Å². The van der Waals surface area contributed by atoms with E-state index in [9.17, 15) is 14.0 Å². The predicted octanol–water partition coefficient (Wildman–Crippen LogP) is 5.47. The number of amides is 2. The highest BCUT2D eigenvalue weighted by Crippen LogP contribution is 2.40. The number of nitrogens with one attached hydrogen (secondary N) is 2. The molecule has 0 bridgehead atoms. The molecule has 2 atom stereocenters. The second kappa shape index (κ2) is 12.8. The molecule has 6 rings (SSSR count). The average Bonchev–Trinajstić information content (AvgIpc) is 3.48. The molecule has 234 valence electrons. The second-order valence-corrected chi connectivity index (χ2v) is 12.9. The van der Waals surface area contributed by atoms with Crippen molar-refractivity contribution in [2.45, 2.75) is 82.6 Å². The van der Waals surface area contributed by atoms with Crippen LogP contribution in [-0.2, 0) is 6.54 Å². The van der Waals surface area contributed by atoms with E-state index in [0.29, 0.717) is 50.5 Å². The van der Waals surface area contributed by atoms with Crippen LogP contribution >= 0.6 is 0 Å². The Morgan fingerprint density at radius 3 is 2.59 bits per heavy atom. The number of piperidine rings is 1. The molecule has 1 aliphatic carbocycles. The summed E-state index contributed by atoms with van der Waals surface area (Å²) in [4.78, 5) is 40.9. The van der Waals surface area contributed by atoms with E-state index in [-0.39, 0.29) is 34.8 Å². The first-order chi connectivity index (χ1) is 21.2. The Kier molecular flexibility index (Phi) is 8.82. The van der Waals surface area contributed by atoms with Gasteiger partial charge in [0.15, 0.2) is 0 Å². The van der Waals surface area contributed by atoms with Crippen molar-refractivity contribution in [1.82, 2.24) is 30.0 Å². The molecule has 3 aromatic rings. The molecule has 2 saturated heterocycles. The summed E-state index contributed by atoms with van der Waals surface area (Å²) in [5, 5.41) is 3.53. The fourth-order valence-corrected chi connectivity index (χ4v) is 7.48. The van der Waals surface area contributed by atoms with Crippen molar-refractivity contribution in [3.63, 3.8) is 0 Å². The van der Waals surface area contributed by atoms with Crippen LogP contribution in [0, 0.1) is 11.6 Å². The normalized spacial score (nSPS) is 22.2. The van der Waals surface area contributed by atoms with Crippen LogP contribution in [0.2, 0.25) is 0 Å². The molecular weight excluding hydrogens is 562 g/mol. The van der Waals surface area contributed by atoms with Crippen LogP contribution in [-0.4, -0.2) is 74.5 Å². The summed E-state index contributed by atoms with van der Waals surface area (Å²) in [5.74, 6) is -0.455. The number of rotatable bonds is 6. The lowest BCUT2D eigenvalue weighted by atomic mass is 9.89. The monoisotopic (exact) mass is 604 g/mol. The Labute approximate surface area is 257 Å². The molecule has 1 saturated carbocycles.